The minimum atomic E-state index is -0.397. The highest BCUT2D eigenvalue weighted by Gasteiger charge is 2.16. The molecule has 0 aliphatic carbocycles. The molecular formula is C19H16FN5O. The molecule has 0 fully saturated rings. The van der Waals surface area contributed by atoms with E-state index in [2.05, 4.69) is 20.4 Å². The summed E-state index contributed by atoms with van der Waals surface area (Å²) in [5, 5.41) is 7.21. The van der Waals surface area contributed by atoms with Crippen molar-refractivity contribution in [2.75, 3.05) is 5.32 Å². The number of fused-ring (bicyclic) bond motifs is 1. The Morgan fingerprint density at radius 1 is 1.27 bits per heavy atom. The molecule has 7 heteroatoms. The molecule has 0 unspecified atom stereocenters. The van der Waals surface area contributed by atoms with Crippen molar-refractivity contribution in [2.45, 2.75) is 13.5 Å². The van der Waals surface area contributed by atoms with Gasteiger partial charge in [0.15, 0.2) is 0 Å². The molecule has 0 atom stereocenters. The molecule has 0 saturated heterocycles. The van der Waals surface area contributed by atoms with Crippen LogP contribution in [0, 0.1) is 12.7 Å². The SMILES string of the molecule is Cc1cnc2[nH]cc(NC(=O)c3cnn(Cc4ccccc4)c3)c2c1F. The Balaban J connectivity index is 1.55. The van der Waals surface area contributed by atoms with Gasteiger partial charge in [-0.3, -0.25) is 9.48 Å². The number of aryl methyl sites for hydroxylation is 1. The van der Waals surface area contributed by atoms with Crippen LogP contribution in [0.4, 0.5) is 10.1 Å². The highest BCUT2D eigenvalue weighted by molar-refractivity contribution is 6.08. The topological polar surface area (TPSA) is 75.6 Å². The lowest BCUT2D eigenvalue weighted by atomic mass is 10.2. The van der Waals surface area contributed by atoms with E-state index in [0.29, 0.717) is 29.0 Å². The van der Waals surface area contributed by atoms with Crippen LogP contribution in [0.15, 0.2) is 55.1 Å². The average molecular weight is 349 g/mol. The number of rotatable bonds is 4. The second-order valence-corrected chi connectivity index (χ2v) is 6.05. The zero-order chi connectivity index (χ0) is 18.1. The van der Waals surface area contributed by atoms with Gasteiger partial charge in [-0.15, -0.1) is 0 Å². The average Bonchev–Trinajstić information content (AvgIpc) is 3.27. The van der Waals surface area contributed by atoms with E-state index in [-0.39, 0.29) is 11.3 Å². The summed E-state index contributed by atoms with van der Waals surface area (Å²) in [6, 6.07) is 9.83. The third-order valence-electron chi connectivity index (χ3n) is 4.14. The molecule has 0 spiro atoms. The molecule has 3 aromatic heterocycles. The Bertz CT molecular complexity index is 1080. The fourth-order valence-electron chi connectivity index (χ4n) is 2.78. The molecule has 0 bridgehead atoms. The molecule has 4 aromatic rings. The standard InChI is InChI=1S/C19H16FN5O/c1-12-7-21-18-16(17(12)20)15(9-22-18)24-19(26)14-8-23-25(11-14)10-13-5-3-2-4-6-13/h2-9,11H,10H2,1H3,(H,21,22)(H,24,26). The number of H-pyrrole nitrogens is 1. The van der Waals surface area contributed by atoms with Gasteiger partial charge in [-0.25, -0.2) is 9.37 Å². The van der Waals surface area contributed by atoms with Crippen molar-refractivity contribution < 1.29 is 9.18 Å². The molecule has 0 radical (unpaired) electrons. The summed E-state index contributed by atoms with van der Waals surface area (Å²) in [6.07, 6.45) is 6.14. The predicted octanol–water partition coefficient (Wildman–Crippen LogP) is 3.51. The first kappa shape index (κ1) is 16.0. The summed E-state index contributed by atoms with van der Waals surface area (Å²) in [5.41, 5.74) is 2.65. The smallest absolute Gasteiger partial charge is 0.258 e. The van der Waals surface area contributed by atoms with E-state index in [1.165, 1.54) is 18.6 Å². The molecule has 6 nitrogen and oxygen atoms in total. The summed E-state index contributed by atoms with van der Waals surface area (Å²) < 4.78 is 16.0. The van der Waals surface area contributed by atoms with Crippen LogP contribution >= 0.6 is 0 Å². The van der Waals surface area contributed by atoms with E-state index in [1.54, 1.807) is 17.8 Å². The van der Waals surface area contributed by atoms with Crippen molar-refractivity contribution >= 4 is 22.6 Å². The van der Waals surface area contributed by atoms with E-state index < -0.39 is 5.82 Å². The number of benzene rings is 1. The third-order valence-corrected chi connectivity index (χ3v) is 4.14. The largest absolute Gasteiger partial charge is 0.344 e. The van der Waals surface area contributed by atoms with Crippen molar-refractivity contribution in [3.63, 3.8) is 0 Å². The van der Waals surface area contributed by atoms with Crippen LogP contribution in [0.3, 0.4) is 0 Å². The van der Waals surface area contributed by atoms with Gasteiger partial charge in [0.25, 0.3) is 5.91 Å². The van der Waals surface area contributed by atoms with Gasteiger partial charge in [-0.05, 0) is 12.5 Å². The summed E-state index contributed by atoms with van der Waals surface area (Å²) in [7, 11) is 0. The fraction of sp³-hybridized carbons (Fsp3) is 0.105. The molecule has 0 saturated carbocycles. The van der Waals surface area contributed by atoms with E-state index >= 15 is 0 Å². The van der Waals surface area contributed by atoms with Crippen molar-refractivity contribution in [3.05, 3.63) is 77.6 Å². The summed E-state index contributed by atoms with van der Waals surface area (Å²) in [4.78, 5) is 19.5. The van der Waals surface area contributed by atoms with Crippen molar-refractivity contribution in [1.29, 1.82) is 0 Å². The van der Waals surface area contributed by atoms with Crippen LogP contribution in [0.1, 0.15) is 21.5 Å². The number of hydrogen-bond donors (Lipinski definition) is 2. The zero-order valence-electron chi connectivity index (χ0n) is 14.0. The van der Waals surface area contributed by atoms with Crippen molar-refractivity contribution in [2.24, 2.45) is 0 Å². The van der Waals surface area contributed by atoms with Crippen LogP contribution in [0.2, 0.25) is 0 Å². The predicted molar refractivity (Wildman–Crippen MR) is 96.5 cm³/mol. The number of carbonyl (C=O) groups excluding carboxylic acids is 1. The molecule has 2 N–H and O–H groups in total. The van der Waals surface area contributed by atoms with Crippen LogP contribution in [0.25, 0.3) is 11.0 Å². The Kier molecular flexibility index (Phi) is 3.96. The van der Waals surface area contributed by atoms with E-state index in [9.17, 15) is 9.18 Å². The molecular weight excluding hydrogens is 333 g/mol. The molecule has 0 aliphatic heterocycles. The van der Waals surface area contributed by atoms with Gasteiger partial charge in [0, 0.05) is 24.2 Å². The van der Waals surface area contributed by atoms with Crippen LogP contribution in [-0.2, 0) is 6.54 Å². The number of hydrogen-bond acceptors (Lipinski definition) is 3. The number of amides is 1. The molecule has 1 amide bonds. The highest BCUT2D eigenvalue weighted by atomic mass is 19.1. The van der Waals surface area contributed by atoms with Gasteiger partial charge in [0.05, 0.1) is 29.4 Å². The zero-order valence-corrected chi connectivity index (χ0v) is 14.0. The van der Waals surface area contributed by atoms with Gasteiger partial charge in [-0.1, -0.05) is 30.3 Å². The third kappa shape index (κ3) is 2.95. The second kappa shape index (κ2) is 6.44. The van der Waals surface area contributed by atoms with Gasteiger partial charge < -0.3 is 10.3 Å². The first-order chi connectivity index (χ1) is 12.6. The Morgan fingerprint density at radius 3 is 2.88 bits per heavy atom. The Labute approximate surface area is 148 Å². The number of aromatic amines is 1. The van der Waals surface area contributed by atoms with E-state index in [0.717, 1.165) is 5.56 Å². The Morgan fingerprint density at radius 2 is 2.08 bits per heavy atom. The molecule has 4 rings (SSSR count). The van der Waals surface area contributed by atoms with Gasteiger partial charge in [0.2, 0.25) is 0 Å². The monoisotopic (exact) mass is 349 g/mol. The fourth-order valence-corrected chi connectivity index (χ4v) is 2.78. The number of anilines is 1. The van der Waals surface area contributed by atoms with Crippen LogP contribution in [0.5, 0.6) is 0 Å². The molecule has 0 aliphatic rings. The molecule has 130 valence electrons. The first-order valence-corrected chi connectivity index (χ1v) is 8.12. The van der Waals surface area contributed by atoms with E-state index in [4.69, 9.17) is 0 Å². The maximum atomic E-state index is 14.4. The van der Waals surface area contributed by atoms with Gasteiger partial charge >= 0.3 is 0 Å². The van der Waals surface area contributed by atoms with Crippen molar-refractivity contribution in [1.82, 2.24) is 19.7 Å². The van der Waals surface area contributed by atoms with E-state index in [1.807, 2.05) is 30.3 Å². The Hall–Kier alpha value is -3.48. The minimum Gasteiger partial charge on any atom is -0.344 e. The maximum absolute atomic E-state index is 14.4. The number of aromatic nitrogens is 4. The molecule has 1 aromatic carbocycles. The van der Waals surface area contributed by atoms with Crippen LogP contribution < -0.4 is 5.32 Å². The lowest BCUT2D eigenvalue weighted by Gasteiger charge is -2.04. The van der Waals surface area contributed by atoms with Gasteiger partial charge in [-0.2, -0.15) is 5.10 Å². The number of carbonyl (C=O) groups is 1. The number of pyridine rings is 1. The van der Waals surface area contributed by atoms with Crippen LogP contribution in [-0.4, -0.2) is 25.7 Å². The summed E-state index contributed by atoms with van der Waals surface area (Å²) >= 11 is 0. The second-order valence-electron chi connectivity index (χ2n) is 6.05. The van der Waals surface area contributed by atoms with Gasteiger partial charge in [0.1, 0.15) is 11.5 Å². The number of halogens is 1. The lowest BCUT2D eigenvalue weighted by Crippen LogP contribution is -2.11. The normalized spacial score (nSPS) is 11.0. The summed E-state index contributed by atoms with van der Waals surface area (Å²) in [5.74, 6) is -0.752. The first-order valence-electron chi connectivity index (χ1n) is 8.12. The maximum Gasteiger partial charge on any atom is 0.258 e. The summed E-state index contributed by atoms with van der Waals surface area (Å²) in [6.45, 7) is 2.20. The van der Waals surface area contributed by atoms with Crippen molar-refractivity contribution in [3.8, 4) is 0 Å². The minimum absolute atomic E-state index is 0.273. The lowest BCUT2D eigenvalue weighted by molar-refractivity contribution is 0.102. The highest BCUT2D eigenvalue weighted by Crippen LogP contribution is 2.26. The number of nitrogens with zero attached hydrogens (tertiary/aromatic N) is 3. The number of nitrogens with one attached hydrogen (secondary N) is 2. The molecule has 26 heavy (non-hydrogen) atoms. The molecule has 3 heterocycles. The quantitative estimate of drug-likeness (QED) is 0.592.